The quantitative estimate of drug-likeness (QED) is 0.300. The number of allylic oxidation sites excluding steroid dienone is 2. The first kappa shape index (κ1) is 65.2. The monoisotopic (exact) mass is 1070 g/mol. The summed E-state index contributed by atoms with van der Waals surface area (Å²) in [5, 5.41) is 11.2. The minimum Gasteiger partial charge on any atom is -0.496 e. The van der Waals surface area contributed by atoms with Crippen molar-refractivity contribution in [3.63, 3.8) is 0 Å². The van der Waals surface area contributed by atoms with Crippen molar-refractivity contribution in [3.05, 3.63) is 23.5 Å². The number of fused-ring (bicyclic) bond motifs is 2. The van der Waals surface area contributed by atoms with Crippen molar-refractivity contribution in [2.24, 2.45) is 35.5 Å². The van der Waals surface area contributed by atoms with Crippen LogP contribution in [0.5, 0.6) is 0 Å². The van der Waals surface area contributed by atoms with Gasteiger partial charge in [0.05, 0.1) is 25.7 Å². The Morgan fingerprint density at radius 3 is 1.71 bits per heavy atom. The molecule has 3 aliphatic rings. The average molecular weight is 1070 g/mol. The minimum atomic E-state index is -1.19. The second-order valence-corrected chi connectivity index (χ2v) is 22.8. The van der Waals surface area contributed by atoms with E-state index >= 15 is 0 Å². The molecule has 0 spiro atoms. The van der Waals surface area contributed by atoms with E-state index in [0.717, 1.165) is 0 Å². The van der Waals surface area contributed by atoms with Gasteiger partial charge in [0.1, 0.15) is 54.2 Å². The molecule has 0 aromatic rings. The zero-order valence-corrected chi connectivity index (χ0v) is 49.3. The third-order valence-corrected chi connectivity index (χ3v) is 16.3. The highest BCUT2D eigenvalue weighted by molar-refractivity contribution is 5.98. The molecule has 0 bridgehead atoms. The largest absolute Gasteiger partial charge is 0.496 e. The molecule has 76 heavy (non-hydrogen) atoms. The lowest BCUT2D eigenvalue weighted by Gasteiger charge is -2.41. The van der Waals surface area contributed by atoms with Gasteiger partial charge in [-0.15, -0.1) is 0 Å². The highest BCUT2D eigenvalue weighted by atomic mass is 16.6. The molecule has 3 aliphatic heterocycles. The van der Waals surface area contributed by atoms with Gasteiger partial charge in [0.15, 0.2) is 0 Å². The van der Waals surface area contributed by atoms with Gasteiger partial charge < -0.3 is 53.5 Å². The van der Waals surface area contributed by atoms with E-state index in [1.54, 1.807) is 41.7 Å². The van der Waals surface area contributed by atoms with Crippen LogP contribution < -0.4 is 0 Å². The normalized spacial score (nSPS) is 31.9. The van der Waals surface area contributed by atoms with Gasteiger partial charge in [-0.3, -0.25) is 33.6 Å². The number of carbonyl (C=O) groups is 8. The molecule has 3 rings (SSSR count). The SMILES string of the molecule is CC[C@H](C)C1C(=O)N(C)[C@@H](C(C)C)C(=O)N(C)[C@@H](COC)C(=O)N2CCC[C@H]2C(=O)N(C)[C@@H](C(C)C)C(=O)N2CCC[C@H]2C(=O)OC(C(C)C)CCCC(O)[C@@H](C)C(=O)O[C@H](C)[C@@H](C)C/C=C(C)/C(OC)=C\C(=O)N1C. The number of esters is 2. The number of nitrogens with zero attached hydrogens (tertiary/aromatic N) is 6. The molecule has 0 radical (unpaired) electrons. The smallest absolute Gasteiger partial charge is 0.329 e. The van der Waals surface area contributed by atoms with Gasteiger partial charge in [-0.2, -0.15) is 0 Å². The highest BCUT2D eigenvalue weighted by Gasteiger charge is 2.47. The summed E-state index contributed by atoms with van der Waals surface area (Å²) in [5.74, 6) is -6.03. The Labute approximate surface area is 454 Å². The van der Waals surface area contributed by atoms with E-state index in [4.69, 9.17) is 18.9 Å². The third-order valence-electron chi connectivity index (χ3n) is 16.3. The zero-order chi connectivity index (χ0) is 57.6. The highest BCUT2D eigenvalue weighted by Crippen LogP contribution is 2.30. The number of likely N-dealkylation sites (N-methyl/N-ethyl adjacent to an activating group) is 4. The van der Waals surface area contributed by atoms with E-state index in [1.165, 1.54) is 70.8 Å². The topological polar surface area (TPSA) is 213 Å². The van der Waals surface area contributed by atoms with Crippen LogP contribution in [0, 0.1) is 35.5 Å². The number of rotatable bonds is 8. The maximum Gasteiger partial charge on any atom is 0.329 e. The zero-order valence-electron chi connectivity index (χ0n) is 49.3. The fraction of sp³-hybridized carbons (Fsp3) is 0.789. The van der Waals surface area contributed by atoms with Crippen LogP contribution in [0.1, 0.15) is 141 Å². The molecule has 0 saturated carbocycles. The fourth-order valence-electron chi connectivity index (χ4n) is 10.8. The van der Waals surface area contributed by atoms with Crippen molar-refractivity contribution in [1.82, 2.24) is 29.4 Å². The molecule has 0 aliphatic carbocycles. The van der Waals surface area contributed by atoms with Crippen LogP contribution in [0.25, 0.3) is 0 Å². The first-order chi connectivity index (χ1) is 35.6. The molecule has 2 fully saturated rings. The van der Waals surface area contributed by atoms with Crippen LogP contribution in [-0.2, 0) is 57.3 Å². The number of hydrogen-bond acceptors (Lipinski definition) is 13. The molecule has 2 saturated heterocycles. The lowest BCUT2D eigenvalue weighted by atomic mass is 9.93. The van der Waals surface area contributed by atoms with Crippen molar-refractivity contribution in [1.29, 1.82) is 0 Å². The number of ether oxygens (including phenoxy) is 4. The molecule has 6 amide bonds. The number of hydrogen-bond donors (Lipinski definition) is 1. The van der Waals surface area contributed by atoms with Gasteiger partial charge in [-0.05, 0) is 107 Å². The predicted molar refractivity (Wildman–Crippen MR) is 289 cm³/mol. The number of aliphatic hydroxyl groups is 1. The van der Waals surface area contributed by atoms with Crippen molar-refractivity contribution < 1.29 is 62.4 Å². The van der Waals surface area contributed by atoms with Crippen molar-refractivity contribution in [2.45, 2.75) is 195 Å². The van der Waals surface area contributed by atoms with Crippen molar-refractivity contribution in [3.8, 4) is 0 Å². The minimum absolute atomic E-state index is 0.0950. The summed E-state index contributed by atoms with van der Waals surface area (Å²) in [6.45, 7) is 22.3. The van der Waals surface area contributed by atoms with Gasteiger partial charge in [0.2, 0.25) is 29.5 Å². The van der Waals surface area contributed by atoms with E-state index in [2.05, 4.69) is 0 Å². The van der Waals surface area contributed by atoms with Crippen LogP contribution in [0.15, 0.2) is 23.5 Å². The first-order valence-electron chi connectivity index (χ1n) is 27.8. The Bertz CT molecular complexity index is 2080. The Morgan fingerprint density at radius 1 is 0.632 bits per heavy atom. The van der Waals surface area contributed by atoms with Gasteiger partial charge >= 0.3 is 11.9 Å². The van der Waals surface area contributed by atoms with Gasteiger partial charge in [0.25, 0.3) is 5.91 Å². The molecule has 12 atom stereocenters. The van der Waals surface area contributed by atoms with Gasteiger partial charge in [0, 0.05) is 54.5 Å². The molecule has 3 heterocycles. The third kappa shape index (κ3) is 16.0. The van der Waals surface area contributed by atoms with Crippen molar-refractivity contribution >= 4 is 47.4 Å². The predicted octanol–water partition coefficient (Wildman–Crippen LogP) is 5.46. The fourth-order valence-corrected chi connectivity index (χ4v) is 10.8. The van der Waals surface area contributed by atoms with Crippen molar-refractivity contribution in [2.75, 3.05) is 62.1 Å². The lowest BCUT2D eigenvalue weighted by molar-refractivity contribution is -0.163. The van der Waals surface area contributed by atoms with Crippen LogP contribution in [0.3, 0.4) is 0 Å². The Balaban J connectivity index is 2.12. The number of aliphatic hydroxyl groups excluding tert-OH is 1. The second kappa shape index (κ2) is 29.6. The second-order valence-electron chi connectivity index (χ2n) is 22.8. The Morgan fingerprint density at radius 2 is 1.17 bits per heavy atom. The number of carbonyl (C=O) groups excluding carboxylic acids is 8. The molecule has 432 valence electrons. The summed E-state index contributed by atoms with van der Waals surface area (Å²) in [6, 6.07) is -6.11. The molecule has 0 aromatic carbocycles. The Kier molecular flexibility index (Phi) is 25.4. The summed E-state index contributed by atoms with van der Waals surface area (Å²) in [4.78, 5) is 124. The number of methoxy groups -OCH3 is 2. The number of cyclic esters (lactones) is 2. The summed E-state index contributed by atoms with van der Waals surface area (Å²) in [5.41, 5.74) is 0.638. The standard InChI is InChI=1S/C57H96N6O13/c1-19-36(8)50-54(69)61(16)48(34(4)5)53(68)58(13)43(32-73-17)52(67)62-29-21-23-41(62)51(66)60(15)49(35(6)7)55(70)63-30-22-24-42(63)57(72)76-45(33(2)3)26-20-25-44(64)39(11)56(71)75-40(12)37(9)27-28-38(10)46(74-18)31-47(65)59(50)14/h28,31,33-37,39-45,48-50,64H,19-27,29-30,32H2,1-18H3/b38-28+,46-31+/t36-,37-,39+,40+,41-,42-,43-,44?,45?,48-,49-,50?/m0/s1. The summed E-state index contributed by atoms with van der Waals surface area (Å²) in [6.07, 6.45) is 4.91. The first-order valence-corrected chi connectivity index (χ1v) is 27.8. The van der Waals surface area contributed by atoms with Gasteiger partial charge in [-0.25, -0.2) is 4.79 Å². The molecule has 3 unspecified atom stereocenters. The summed E-state index contributed by atoms with van der Waals surface area (Å²) >= 11 is 0. The van der Waals surface area contributed by atoms with E-state index in [-0.39, 0.29) is 55.5 Å². The average Bonchev–Trinajstić information content (AvgIpc) is 4.08. The maximum absolute atomic E-state index is 14.8. The molecular formula is C57H96N6O13. The number of amides is 6. The van der Waals surface area contributed by atoms with E-state index in [0.29, 0.717) is 56.9 Å². The van der Waals surface area contributed by atoms with E-state index in [9.17, 15) is 43.5 Å². The molecule has 19 heteroatoms. The Hall–Kier alpha value is -5.04. The van der Waals surface area contributed by atoms with Crippen LogP contribution in [-0.4, -0.2) is 199 Å². The van der Waals surface area contributed by atoms with Crippen LogP contribution in [0.2, 0.25) is 0 Å². The van der Waals surface area contributed by atoms with Crippen LogP contribution >= 0.6 is 0 Å². The van der Waals surface area contributed by atoms with E-state index in [1.807, 2.05) is 54.5 Å². The van der Waals surface area contributed by atoms with E-state index < -0.39 is 114 Å². The summed E-state index contributed by atoms with van der Waals surface area (Å²) < 4.78 is 23.2. The molecule has 0 aromatic heterocycles. The molecule has 19 nitrogen and oxygen atoms in total. The van der Waals surface area contributed by atoms with Gasteiger partial charge in [-0.1, -0.05) is 74.8 Å². The van der Waals surface area contributed by atoms with Crippen LogP contribution in [0.4, 0.5) is 0 Å². The summed E-state index contributed by atoms with van der Waals surface area (Å²) in [7, 11) is 8.94. The maximum atomic E-state index is 14.8. The molecule has 1 N–H and O–H groups in total. The molecular weight excluding hydrogens is 977 g/mol. The lowest BCUT2D eigenvalue weighted by Crippen LogP contribution is -2.62.